The van der Waals surface area contributed by atoms with Crippen LogP contribution in [0.25, 0.3) is 44.2 Å². The van der Waals surface area contributed by atoms with Gasteiger partial charge in [-0.2, -0.15) is 0 Å². The van der Waals surface area contributed by atoms with Crippen molar-refractivity contribution in [3.63, 3.8) is 0 Å². The van der Waals surface area contributed by atoms with Gasteiger partial charge in [0.15, 0.2) is 0 Å². The van der Waals surface area contributed by atoms with Gasteiger partial charge < -0.3 is 14.1 Å². The Bertz CT molecular complexity index is 3860. The molecule has 336 valence electrons. The zero-order chi connectivity index (χ0) is 47.1. The van der Waals surface area contributed by atoms with Crippen molar-refractivity contribution < 1.29 is 4.42 Å². The lowest BCUT2D eigenvalue weighted by molar-refractivity contribution is 0.332. The molecule has 0 saturated carbocycles. The summed E-state index contributed by atoms with van der Waals surface area (Å²) >= 11 is 0. The molecular formula is C66H53BN2O. The highest BCUT2D eigenvalue weighted by Gasteiger charge is 2.56. The van der Waals surface area contributed by atoms with Crippen molar-refractivity contribution in [1.82, 2.24) is 0 Å². The van der Waals surface area contributed by atoms with Crippen molar-refractivity contribution in [2.75, 3.05) is 9.71 Å². The van der Waals surface area contributed by atoms with Gasteiger partial charge in [-0.1, -0.05) is 187 Å². The van der Waals surface area contributed by atoms with Gasteiger partial charge in [0.05, 0.1) is 11.1 Å². The van der Waals surface area contributed by atoms with E-state index in [0.717, 1.165) is 33.9 Å². The Balaban J connectivity index is 1.15. The summed E-state index contributed by atoms with van der Waals surface area (Å²) in [5, 5.41) is 2.29. The molecule has 0 unspecified atom stereocenters. The van der Waals surface area contributed by atoms with Crippen LogP contribution >= 0.6 is 0 Å². The number of fused-ring (bicyclic) bond motifs is 15. The van der Waals surface area contributed by atoms with Crippen molar-refractivity contribution in [2.45, 2.75) is 76.0 Å². The SMILES string of the molecule is CC1(C)CCC(C)(C)c2cc(N3B4c5cccc6c5N(c5ccccc5C6(c5ccccc5)c5ccccc5)c5c4c(cc4c5C(C)(C)c5ccccc5-4)-c4c3ccc3c4oc4ccccc43)ccc21. The summed E-state index contributed by atoms with van der Waals surface area (Å²) in [5.41, 5.74) is 25.6. The van der Waals surface area contributed by atoms with Gasteiger partial charge >= 0.3 is 6.85 Å². The maximum Gasteiger partial charge on any atom is 0.333 e. The first kappa shape index (κ1) is 40.3. The van der Waals surface area contributed by atoms with Crippen LogP contribution in [0.5, 0.6) is 0 Å². The Hall–Kier alpha value is -7.56. The third-order valence-corrected chi connectivity index (χ3v) is 17.7. The maximum atomic E-state index is 7.19. The lowest BCUT2D eigenvalue weighted by Gasteiger charge is -2.53. The van der Waals surface area contributed by atoms with Gasteiger partial charge in [0.25, 0.3) is 0 Å². The summed E-state index contributed by atoms with van der Waals surface area (Å²) in [4.78, 5) is 5.46. The molecule has 15 rings (SSSR count). The van der Waals surface area contributed by atoms with E-state index in [0.29, 0.717) is 0 Å². The third-order valence-electron chi connectivity index (χ3n) is 17.7. The Morgan fingerprint density at radius 3 is 1.90 bits per heavy atom. The minimum atomic E-state index is -0.614. The number of nitrogens with zero attached hydrogens (tertiary/aromatic N) is 2. The number of hydrogen-bond donors (Lipinski definition) is 0. The number of anilines is 5. The topological polar surface area (TPSA) is 19.6 Å². The zero-order valence-electron chi connectivity index (χ0n) is 40.7. The molecule has 4 heterocycles. The van der Waals surface area contributed by atoms with Crippen molar-refractivity contribution in [1.29, 1.82) is 0 Å². The Kier molecular flexibility index (Phi) is 7.84. The zero-order valence-corrected chi connectivity index (χ0v) is 40.7. The molecule has 10 aromatic rings. The highest BCUT2D eigenvalue weighted by molar-refractivity contribution is 6.94. The quantitative estimate of drug-likeness (QED) is 0.165. The van der Waals surface area contributed by atoms with Crippen LogP contribution in [0.3, 0.4) is 0 Å². The van der Waals surface area contributed by atoms with Crippen molar-refractivity contribution in [2.24, 2.45) is 0 Å². The summed E-state index contributed by atoms with van der Waals surface area (Å²) in [6.45, 7) is 14.5. The normalized spacial score (nSPS) is 17.5. The van der Waals surface area contributed by atoms with E-state index in [9.17, 15) is 0 Å². The number of furan rings is 1. The molecule has 70 heavy (non-hydrogen) atoms. The summed E-state index contributed by atoms with van der Waals surface area (Å²) in [5.74, 6) is 0. The van der Waals surface area contributed by atoms with Gasteiger partial charge in [-0.05, 0) is 138 Å². The van der Waals surface area contributed by atoms with Crippen LogP contribution in [0.1, 0.15) is 98.9 Å². The summed E-state index contributed by atoms with van der Waals surface area (Å²) < 4.78 is 7.19. The molecule has 0 N–H and O–H groups in total. The monoisotopic (exact) mass is 900 g/mol. The fraction of sp³-hybridized carbons (Fsp3) is 0.182. The van der Waals surface area contributed by atoms with E-state index in [1.54, 1.807) is 0 Å². The molecule has 0 radical (unpaired) electrons. The second kappa shape index (κ2) is 13.6. The average Bonchev–Trinajstić information content (AvgIpc) is 3.88. The molecule has 0 atom stereocenters. The fourth-order valence-electron chi connectivity index (χ4n) is 14.4. The van der Waals surface area contributed by atoms with Crippen LogP contribution in [0.2, 0.25) is 0 Å². The average molecular weight is 901 g/mol. The van der Waals surface area contributed by atoms with E-state index in [1.165, 1.54) is 107 Å². The van der Waals surface area contributed by atoms with Crippen LogP contribution in [0.4, 0.5) is 28.4 Å². The van der Waals surface area contributed by atoms with E-state index in [4.69, 9.17) is 4.42 Å². The van der Waals surface area contributed by atoms with E-state index in [2.05, 4.69) is 239 Å². The predicted octanol–water partition coefficient (Wildman–Crippen LogP) is 15.6. The van der Waals surface area contributed by atoms with Crippen molar-refractivity contribution in [3.05, 3.63) is 233 Å². The van der Waals surface area contributed by atoms with E-state index < -0.39 is 5.41 Å². The number of hydrogen-bond acceptors (Lipinski definition) is 3. The van der Waals surface area contributed by atoms with E-state index in [-0.39, 0.29) is 23.1 Å². The second-order valence-electron chi connectivity index (χ2n) is 22.6. The fourth-order valence-corrected chi connectivity index (χ4v) is 14.4. The summed E-state index contributed by atoms with van der Waals surface area (Å²) in [6.07, 6.45) is 2.32. The van der Waals surface area contributed by atoms with Crippen LogP contribution in [-0.4, -0.2) is 6.85 Å². The number of para-hydroxylation sites is 3. The predicted molar refractivity (Wildman–Crippen MR) is 292 cm³/mol. The molecule has 5 aliphatic rings. The van der Waals surface area contributed by atoms with Gasteiger partial charge in [0.2, 0.25) is 0 Å². The first-order valence-corrected chi connectivity index (χ1v) is 25.3. The van der Waals surface area contributed by atoms with Gasteiger partial charge in [0, 0.05) is 44.5 Å². The summed E-state index contributed by atoms with van der Waals surface area (Å²) in [7, 11) is 0. The Labute approximate surface area is 411 Å². The van der Waals surface area contributed by atoms with Gasteiger partial charge in [-0.3, -0.25) is 0 Å². The molecule has 0 fully saturated rings. The molecule has 9 aromatic carbocycles. The van der Waals surface area contributed by atoms with Gasteiger partial charge in [-0.25, -0.2) is 0 Å². The highest BCUT2D eigenvalue weighted by Crippen LogP contribution is 2.64. The van der Waals surface area contributed by atoms with Crippen molar-refractivity contribution >= 4 is 68.1 Å². The molecule has 0 spiro atoms. The maximum absolute atomic E-state index is 7.19. The smallest absolute Gasteiger partial charge is 0.333 e. The Morgan fingerprint density at radius 1 is 0.471 bits per heavy atom. The lowest BCUT2D eigenvalue weighted by atomic mass is 9.41. The molecule has 1 aromatic heterocycles. The third kappa shape index (κ3) is 4.92. The Morgan fingerprint density at radius 2 is 1.13 bits per heavy atom. The van der Waals surface area contributed by atoms with Crippen LogP contribution < -0.4 is 20.6 Å². The van der Waals surface area contributed by atoms with Crippen LogP contribution in [0, 0.1) is 0 Å². The second-order valence-corrected chi connectivity index (χ2v) is 22.6. The molecule has 0 amide bonds. The standard InChI is InChI=1S/C66H53BN2O/c1-63(2)36-37-64(3,4)52-38-42(32-34-49(52)63)69-55-35-33-45-44-25-14-18-31-56(44)70-62(45)57(55)47-39-46-43-24-13-15-26-48(43)65(5,6)58(46)61-59(47)67(69)53-29-19-28-51-60(53)68(61)54-30-17-16-27-50(54)66(51,40-20-9-7-10-21-40)41-22-11-8-12-23-41/h7-35,38-39H,36-37H2,1-6H3. The number of rotatable bonds is 3. The molecule has 0 saturated heterocycles. The van der Waals surface area contributed by atoms with Crippen LogP contribution in [0.15, 0.2) is 192 Å². The van der Waals surface area contributed by atoms with E-state index in [1.807, 2.05) is 0 Å². The lowest BCUT2D eigenvalue weighted by Crippen LogP contribution is -2.63. The molecule has 4 heteroatoms. The molecular weight excluding hydrogens is 848 g/mol. The van der Waals surface area contributed by atoms with Gasteiger partial charge in [0.1, 0.15) is 11.2 Å². The van der Waals surface area contributed by atoms with Gasteiger partial charge in [-0.15, -0.1) is 0 Å². The first-order chi connectivity index (χ1) is 34.0. The molecule has 2 aliphatic carbocycles. The minimum Gasteiger partial charge on any atom is -0.455 e. The summed E-state index contributed by atoms with van der Waals surface area (Å²) in [6, 6.07) is 71.7. The molecule has 3 aliphatic heterocycles. The van der Waals surface area contributed by atoms with E-state index >= 15 is 0 Å². The first-order valence-electron chi connectivity index (χ1n) is 25.3. The van der Waals surface area contributed by atoms with Crippen LogP contribution in [-0.2, 0) is 21.7 Å². The number of benzene rings is 9. The minimum absolute atomic E-state index is 0.0197. The molecule has 3 nitrogen and oxygen atoms in total. The van der Waals surface area contributed by atoms with Crippen molar-refractivity contribution in [3.8, 4) is 22.3 Å². The largest absolute Gasteiger partial charge is 0.455 e. The highest BCUT2D eigenvalue weighted by atomic mass is 16.3. The molecule has 0 bridgehead atoms.